The molecule has 4 nitrogen and oxygen atoms in total. The molecule has 7 heteroatoms. The zero-order chi connectivity index (χ0) is 15.4. The molecule has 0 bridgehead atoms. The summed E-state index contributed by atoms with van der Waals surface area (Å²) in [7, 11) is 0. The van der Waals surface area contributed by atoms with Gasteiger partial charge in [-0.1, -0.05) is 19.1 Å². The van der Waals surface area contributed by atoms with Gasteiger partial charge in [0.15, 0.2) is 0 Å². The first kappa shape index (κ1) is 16.3. The second-order valence-corrected chi connectivity index (χ2v) is 4.74. The van der Waals surface area contributed by atoms with E-state index in [1.807, 2.05) is 6.92 Å². The van der Waals surface area contributed by atoms with Crippen LogP contribution in [-0.2, 0) is 6.18 Å². The summed E-state index contributed by atoms with van der Waals surface area (Å²) in [6.07, 6.45) is -3.95. The van der Waals surface area contributed by atoms with Crippen LogP contribution in [0.2, 0.25) is 0 Å². The van der Waals surface area contributed by atoms with Crippen LogP contribution >= 0.6 is 0 Å². The summed E-state index contributed by atoms with van der Waals surface area (Å²) in [5, 5.41) is 4.79. The van der Waals surface area contributed by atoms with Crippen molar-refractivity contribution >= 4 is 11.7 Å². The third kappa shape index (κ3) is 4.12. The number of benzene rings is 1. The lowest BCUT2D eigenvalue weighted by Gasteiger charge is -2.28. The summed E-state index contributed by atoms with van der Waals surface area (Å²) in [5.41, 5.74) is 3.71. The Bertz CT molecular complexity index is 470. The number of alkyl halides is 3. The molecule has 0 aliphatic carbocycles. The Morgan fingerprint density at radius 3 is 2.40 bits per heavy atom. The molecule has 20 heavy (non-hydrogen) atoms. The van der Waals surface area contributed by atoms with Gasteiger partial charge in [-0.3, -0.25) is 0 Å². The molecular formula is C13H18F3N3O. The van der Waals surface area contributed by atoms with E-state index in [1.54, 1.807) is 6.92 Å². The maximum Gasteiger partial charge on any atom is 0.418 e. The maximum atomic E-state index is 12.8. The molecule has 0 spiro atoms. The molecule has 0 aromatic heterocycles. The minimum atomic E-state index is -4.52. The molecule has 1 aromatic carbocycles. The number of hydrogen-bond donors (Lipinski definition) is 3. The molecular weight excluding hydrogens is 271 g/mol. The topological polar surface area (TPSA) is 67.1 Å². The summed E-state index contributed by atoms with van der Waals surface area (Å²) in [5.74, 6) is 0. The predicted molar refractivity (Wildman–Crippen MR) is 71.3 cm³/mol. The monoisotopic (exact) mass is 289 g/mol. The minimum Gasteiger partial charge on any atom is -0.331 e. The Morgan fingerprint density at radius 2 is 1.90 bits per heavy atom. The number of anilines is 1. The van der Waals surface area contributed by atoms with Gasteiger partial charge in [-0.05, 0) is 25.5 Å². The van der Waals surface area contributed by atoms with E-state index in [2.05, 4.69) is 10.6 Å². The van der Waals surface area contributed by atoms with Crippen molar-refractivity contribution in [2.45, 2.75) is 32.0 Å². The lowest BCUT2D eigenvalue weighted by Crippen LogP contribution is -2.52. The number of para-hydroxylation sites is 1. The molecule has 0 fully saturated rings. The van der Waals surface area contributed by atoms with Gasteiger partial charge in [-0.15, -0.1) is 0 Å². The van der Waals surface area contributed by atoms with Crippen LogP contribution in [0.4, 0.5) is 23.7 Å². The van der Waals surface area contributed by atoms with Crippen LogP contribution in [0.1, 0.15) is 25.8 Å². The lowest BCUT2D eigenvalue weighted by molar-refractivity contribution is -0.136. The van der Waals surface area contributed by atoms with Crippen LogP contribution in [0, 0.1) is 0 Å². The molecule has 0 radical (unpaired) electrons. The van der Waals surface area contributed by atoms with Crippen LogP contribution in [0.15, 0.2) is 24.3 Å². The van der Waals surface area contributed by atoms with E-state index in [-0.39, 0.29) is 12.2 Å². The van der Waals surface area contributed by atoms with E-state index in [0.29, 0.717) is 6.42 Å². The fourth-order valence-corrected chi connectivity index (χ4v) is 1.55. The minimum absolute atomic E-state index is 0.192. The van der Waals surface area contributed by atoms with Crippen LogP contribution in [-0.4, -0.2) is 18.1 Å². The van der Waals surface area contributed by atoms with Crippen molar-refractivity contribution in [2.75, 3.05) is 11.9 Å². The largest absolute Gasteiger partial charge is 0.418 e. The standard InChI is InChI=1S/C13H18F3N3O/c1-3-12(2,8-17)19-11(20)18-10-7-5-4-6-9(10)13(14,15)16/h4-7H,3,8,17H2,1-2H3,(H2,18,19,20). The number of rotatable bonds is 4. The van der Waals surface area contributed by atoms with Crippen molar-refractivity contribution < 1.29 is 18.0 Å². The first-order valence-electron chi connectivity index (χ1n) is 6.17. The van der Waals surface area contributed by atoms with Crippen molar-refractivity contribution in [1.29, 1.82) is 0 Å². The van der Waals surface area contributed by atoms with Crippen LogP contribution < -0.4 is 16.4 Å². The number of halogens is 3. The van der Waals surface area contributed by atoms with Gasteiger partial charge in [0.2, 0.25) is 0 Å². The predicted octanol–water partition coefficient (Wildman–Crippen LogP) is 2.95. The smallest absolute Gasteiger partial charge is 0.331 e. The number of hydrogen-bond acceptors (Lipinski definition) is 2. The SMILES string of the molecule is CCC(C)(CN)NC(=O)Nc1ccccc1C(F)(F)F. The molecule has 2 amide bonds. The third-order valence-corrected chi connectivity index (χ3v) is 3.13. The van der Waals surface area contributed by atoms with Gasteiger partial charge in [0.1, 0.15) is 0 Å². The molecule has 0 saturated carbocycles. The molecule has 1 aromatic rings. The Kier molecular flexibility index (Phi) is 4.99. The number of nitrogens with one attached hydrogen (secondary N) is 2. The van der Waals surface area contributed by atoms with Gasteiger partial charge >= 0.3 is 12.2 Å². The maximum absolute atomic E-state index is 12.8. The zero-order valence-electron chi connectivity index (χ0n) is 11.3. The zero-order valence-corrected chi connectivity index (χ0v) is 11.3. The average molecular weight is 289 g/mol. The van der Waals surface area contributed by atoms with E-state index in [4.69, 9.17) is 5.73 Å². The molecule has 0 aliphatic heterocycles. The first-order valence-corrected chi connectivity index (χ1v) is 6.17. The Morgan fingerprint density at radius 1 is 1.30 bits per heavy atom. The number of nitrogens with two attached hydrogens (primary N) is 1. The molecule has 112 valence electrons. The second kappa shape index (κ2) is 6.13. The van der Waals surface area contributed by atoms with E-state index >= 15 is 0 Å². The number of carbonyl (C=O) groups is 1. The Labute approximate surface area is 115 Å². The highest BCUT2D eigenvalue weighted by Gasteiger charge is 2.34. The van der Waals surface area contributed by atoms with Gasteiger partial charge < -0.3 is 16.4 Å². The van der Waals surface area contributed by atoms with Crippen LogP contribution in [0.5, 0.6) is 0 Å². The molecule has 1 rings (SSSR count). The van der Waals surface area contributed by atoms with E-state index < -0.39 is 23.3 Å². The normalized spacial score (nSPS) is 14.5. The van der Waals surface area contributed by atoms with E-state index in [9.17, 15) is 18.0 Å². The van der Waals surface area contributed by atoms with Gasteiger partial charge in [0, 0.05) is 6.54 Å². The summed E-state index contributed by atoms with van der Waals surface area (Å²) in [6.45, 7) is 3.75. The summed E-state index contributed by atoms with van der Waals surface area (Å²) < 4.78 is 38.3. The van der Waals surface area contributed by atoms with Gasteiger partial charge in [-0.2, -0.15) is 13.2 Å². The van der Waals surface area contributed by atoms with Gasteiger partial charge in [0.05, 0.1) is 16.8 Å². The highest BCUT2D eigenvalue weighted by Crippen LogP contribution is 2.34. The number of carbonyl (C=O) groups excluding carboxylic acids is 1. The van der Waals surface area contributed by atoms with Crippen LogP contribution in [0.3, 0.4) is 0 Å². The molecule has 0 saturated heterocycles. The Balaban J connectivity index is 2.87. The van der Waals surface area contributed by atoms with Gasteiger partial charge in [-0.25, -0.2) is 4.79 Å². The molecule has 4 N–H and O–H groups in total. The third-order valence-electron chi connectivity index (χ3n) is 3.13. The van der Waals surface area contributed by atoms with Gasteiger partial charge in [0.25, 0.3) is 0 Å². The second-order valence-electron chi connectivity index (χ2n) is 4.74. The fourth-order valence-electron chi connectivity index (χ4n) is 1.55. The quantitative estimate of drug-likeness (QED) is 0.797. The van der Waals surface area contributed by atoms with Crippen molar-refractivity contribution in [3.8, 4) is 0 Å². The molecule has 0 aliphatic rings. The fraction of sp³-hybridized carbons (Fsp3) is 0.462. The highest BCUT2D eigenvalue weighted by molar-refractivity contribution is 5.90. The summed E-state index contributed by atoms with van der Waals surface area (Å²) >= 11 is 0. The number of urea groups is 1. The van der Waals surface area contributed by atoms with Crippen molar-refractivity contribution in [3.05, 3.63) is 29.8 Å². The van der Waals surface area contributed by atoms with E-state index in [1.165, 1.54) is 18.2 Å². The molecule has 0 heterocycles. The number of amides is 2. The lowest BCUT2D eigenvalue weighted by atomic mass is 10.00. The average Bonchev–Trinajstić information content (AvgIpc) is 2.37. The highest BCUT2D eigenvalue weighted by atomic mass is 19.4. The van der Waals surface area contributed by atoms with Crippen molar-refractivity contribution in [3.63, 3.8) is 0 Å². The van der Waals surface area contributed by atoms with Crippen molar-refractivity contribution in [2.24, 2.45) is 5.73 Å². The van der Waals surface area contributed by atoms with E-state index in [0.717, 1.165) is 6.07 Å². The van der Waals surface area contributed by atoms with Crippen LogP contribution in [0.25, 0.3) is 0 Å². The first-order chi connectivity index (χ1) is 9.22. The molecule has 1 unspecified atom stereocenters. The Hall–Kier alpha value is -1.76. The van der Waals surface area contributed by atoms with Crippen molar-refractivity contribution in [1.82, 2.24) is 5.32 Å². The summed E-state index contributed by atoms with van der Waals surface area (Å²) in [6, 6.07) is 4.09. The molecule has 1 atom stereocenters. The summed E-state index contributed by atoms with van der Waals surface area (Å²) in [4.78, 5) is 11.8.